The molecule has 3 rings (SSSR count). The number of ether oxygens (including phenoxy) is 1. The lowest BCUT2D eigenvalue weighted by Crippen LogP contribution is -2.36. The van der Waals surface area contributed by atoms with Gasteiger partial charge in [0.15, 0.2) is 0 Å². The first kappa shape index (κ1) is 20.8. The fourth-order valence-electron chi connectivity index (χ4n) is 2.99. The van der Waals surface area contributed by atoms with Crippen LogP contribution in [0.1, 0.15) is 17.3 Å². The molecule has 0 aliphatic carbocycles. The Balaban J connectivity index is 1.59. The van der Waals surface area contributed by atoms with Crippen molar-refractivity contribution in [3.8, 4) is 16.3 Å². The molecule has 3 aromatic rings. The Labute approximate surface area is 175 Å². The molecule has 0 spiro atoms. The number of benzene rings is 2. The van der Waals surface area contributed by atoms with Gasteiger partial charge in [-0.15, -0.1) is 11.3 Å². The maximum atomic E-state index is 12.4. The van der Waals surface area contributed by atoms with Crippen LogP contribution in [0.4, 0.5) is 10.5 Å². The number of rotatable bonds is 7. The van der Waals surface area contributed by atoms with Crippen LogP contribution in [0, 0.1) is 6.92 Å². The van der Waals surface area contributed by atoms with Crippen molar-refractivity contribution in [3.63, 3.8) is 0 Å². The van der Waals surface area contributed by atoms with Crippen LogP contribution >= 0.6 is 11.3 Å². The van der Waals surface area contributed by atoms with Crippen molar-refractivity contribution in [1.82, 2.24) is 15.2 Å². The van der Waals surface area contributed by atoms with Crippen LogP contribution in [0.15, 0.2) is 53.9 Å². The maximum absolute atomic E-state index is 12.4. The molecule has 0 aliphatic heterocycles. The Bertz CT molecular complexity index is 953. The van der Waals surface area contributed by atoms with Gasteiger partial charge >= 0.3 is 6.03 Å². The monoisotopic (exact) mass is 410 g/mol. The van der Waals surface area contributed by atoms with Gasteiger partial charge in [-0.3, -0.25) is 0 Å². The lowest BCUT2D eigenvalue weighted by molar-refractivity contribution is 0.243. The van der Waals surface area contributed by atoms with E-state index in [9.17, 15) is 4.79 Å². The number of likely N-dealkylation sites (N-methyl/N-ethyl adjacent to an activating group) is 1. The number of amides is 2. The molecular formula is C22H26N4O2S. The molecule has 0 saturated carbocycles. The van der Waals surface area contributed by atoms with E-state index in [1.165, 1.54) is 0 Å². The van der Waals surface area contributed by atoms with E-state index in [2.05, 4.69) is 20.5 Å². The largest absolute Gasteiger partial charge is 0.497 e. The van der Waals surface area contributed by atoms with E-state index in [0.29, 0.717) is 6.54 Å². The number of nitrogens with one attached hydrogen (secondary N) is 2. The summed E-state index contributed by atoms with van der Waals surface area (Å²) >= 11 is 1.61. The van der Waals surface area contributed by atoms with Crippen molar-refractivity contribution in [2.24, 2.45) is 0 Å². The van der Waals surface area contributed by atoms with Crippen molar-refractivity contribution in [3.05, 3.63) is 65.2 Å². The van der Waals surface area contributed by atoms with Gasteiger partial charge in [0.05, 0.1) is 13.2 Å². The predicted octanol–water partition coefficient (Wildman–Crippen LogP) is 4.55. The zero-order valence-corrected chi connectivity index (χ0v) is 17.9. The number of hydrogen-bond donors (Lipinski definition) is 2. The average Bonchev–Trinajstić information content (AvgIpc) is 3.15. The highest BCUT2D eigenvalue weighted by atomic mass is 32.1. The number of thiazole rings is 1. The summed E-state index contributed by atoms with van der Waals surface area (Å²) < 4.78 is 5.31. The lowest BCUT2D eigenvalue weighted by Gasteiger charge is -2.25. The molecule has 1 aromatic heterocycles. The van der Waals surface area contributed by atoms with E-state index >= 15 is 0 Å². The topological polar surface area (TPSA) is 66.5 Å². The quantitative estimate of drug-likeness (QED) is 0.600. The van der Waals surface area contributed by atoms with Gasteiger partial charge in [-0.05, 0) is 63.0 Å². The summed E-state index contributed by atoms with van der Waals surface area (Å²) in [6.45, 7) is 2.45. The molecular weight excluding hydrogens is 384 g/mol. The minimum atomic E-state index is -0.238. The zero-order chi connectivity index (χ0) is 20.8. The van der Waals surface area contributed by atoms with Gasteiger partial charge in [-0.1, -0.05) is 12.1 Å². The lowest BCUT2D eigenvalue weighted by atomic mass is 10.1. The van der Waals surface area contributed by atoms with Gasteiger partial charge in [-0.2, -0.15) is 0 Å². The van der Waals surface area contributed by atoms with E-state index in [4.69, 9.17) is 4.74 Å². The van der Waals surface area contributed by atoms with Crippen LogP contribution in [-0.4, -0.2) is 43.7 Å². The van der Waals surface area contributed by atoms with E-state index in [1.807, 2.05) is 74.9 Å². The third-order valence-electron chi connectivity index (χ3n) is 4.57. The van der Waals surface area contributed by atoms with Crippen molar-refractivity contribution < 1.29 is 9.53 Å². The number of carbonyl (C=O) groups excluding carboxylic acids is 1. The van der Waals surface area contributed by atoms with Gasteiger partial charge in [-0.25, -0.2) is 9.78 Å². The van der Waals surface area contributed by atoms with Crippen molar-refractivity contribution in [2.45, 2.75) is 13.0 Å². The van der Waals surface area contributed by atoms with Crippen LogP contribution in [0.25, 0.3) is 10.6 Å². The number of nitrogens with zero attached hydrogens (tertiary/aromatic N) is 2. The predicted molar refractivity (Wildman–Crippen MR) is 119 cm³/mol. The molecule has 2 N–H and O–H groups in total. The van der Waals surface area contributed by atoms with Gasteiger partial charge in [0, 0.05) is 28.9 Å². The van der Waals surface area contributed by atoms with E-state index < -0.39 is 0 Å². The Morgan fingerprint density at radius 3 is 2.59 bits per heavy atom. The van der Waals surface area contributed by atoms with Crippen LogP contribution in [0.2, 0.25) is 0 Å². The summed E-state index contributed by atoms with van der Waals surface area (Å²) in [5.41, 5.74) is 3.87. The van der Waals surface area contributed by atoms with E-state index in [0.717, 1.165) is 33.3 Å². The fourth-order valence-corrected chi connectivity index (χ4v) is 3.80. The molecule has 0 bridgehead atoms. The van der Waals surface area contributed by atoms with Gasteiger partial charge in [0.25, 0.3) is 0 Å². The highest BCUT2D eigenvalue weighted by Gasteiger charge is 2.16. The van der Waals surface area contributed by atoms with Gasteiger partial charge in [0.2, 0.25) is 0 Å². The SMILES string of the molecule is COc1cccc(C(CNC(=O)Nc2ccc(-c3nc(C)cs3)cc2)N(C)C)c1. The summed E-state index contributed by atoms with van der Waals surface area (Å²) in [6, 6.07) is 15.4. The Morgan fingerprint density at radius 2 is 1.97 bits per heavy atom. The van der Waals surface area contributed by atoms with Crippen molar-refractivity contribution >= 4 is 23.1 Å². The number of hydrogen-bond acceptors (Lipinski definition) is 5. The Kier molecular flexibility index (Phi) is 6.85. The van der Waals surface area contributed by atoms with Crippen molar-refractivity contribution in [1.29, 1.82) is 0 Å². The molecule has 2 amide bonds. The Hall–Kier alpha value is -2.90. The van der Waals surface area contributed by atoms with Crippen LogP contribution < -0.4 is 15.4 Å². The van der Waals surface area contributed by atoms with Gasteiger partial charge in [0.1, 0.15) is 10.8 Å². The first-order chi connectivity index (χ1) is 14.0. The molecule has 0 radical (unpaired) electrons. The number of anilines is 1. The highest BCUT2D eigenvalue weighted by molar-refractivity contribution is 7.13. The smallest absolute Gasteiger partial charge is 0.319 e. The molecule has 152 valence electrons. The Morgan fingerprint density at radius 1 is 1.21 bits per heavy atom. The second-order valence-corrected chi connectivity index (χ2v) is 7.82. The highest BCUT2D eigenvalue weighted by Crippen LogP contribution is 2.25. The average molecular weight is 411 g/mol. The maximum Gasteiger partial charge on any atom is 0.319 e. The summed E-state index contributed by atoms with van der Waals surface area (Å²) in [4.78, 5) is 18.9. The molecule has 0 saturated heterocycles. The molecule has 1 atom stereocenters. The summed E-state index contributed by atoms with van der Waals surface area (Å²) in [7, 11) is 5.63. The molecule has 7 heteroatoms. The van der Waals surface area contributed by atoms with Crippen LogP contribution in [0.3, 0.4) is 0 Å². The molecule has 6 nitrogen and oxygen atoms in total. The normalized spacial score (nSPS) is 11.9. The number of methoxy groups -OCH3 is 1. The second-order valence-electron chi connectivity index (χ2n) is 6.96. The standard InChI is InChI=1S/C22H26N4O2S/c1-15-14-29-21(24-15)16-8-10-18(11-9-16)25-22(27)23-13-20(26(2)3)17-6-5-7-19(12-17)28-4/h5-12,14,20H,13H2,1-4H3,(H2,23,25,27). The second kappa shape index (κ2) is 9.54. The summed E-state index contributed by atoms with van der Waals surface area (Å²) in [5.74, 6) is 0.800. The third-order valence-corrected chi connectivity index (χ3v) is 5.58. The zero-order valence-electron chi connectivity index (χ0n) is 17.1. The van der Waals surface area contributed by atoms with Crippen LogP contribution in [-0.2, 0) is 0 Å². The minimum absolute atomic E-state index is 0.0337. The first-order valence-corrected chi connectivity index (χ1v) is 10.2. The van der Waals surface area contributed by atoms with Crippen molar-refractivity contribution in [2.75, 3.05) is 33.1 Å². The van der Waals surface area contributed by atoms with Gasteiger partial charge < -0.3 is 20.3 Å². The van der Waals surface area contributed by atoms with Crippen LogP contribution in [0.5, 0.6) is 5.75 Å². The molecule has 0 aliphatic rings. The molecule has 1 unspecified atom stereocenters. The number of carbonyl (C=O) groups is 1. The number of aryl methyl sites for hydroxylation is 1. The summed E-state index contributed by atoms with van der Waals surface area (Å²) in [5, 5.41) is 8.84. The minimum Gasteiger partial charge on any atom is -0.497 e. The number of urea groups is 1. The molecule has 29 heavy (non-hydrogen) atoms. The molecule has 1 heterocycles. The van der Waals surface area contributed by atoms with E-state index in [1.54, 1.807) is 18.4 Å². The first-order valence-electron chi connectivity index (χ1n) is 9.34. The molecule has 2 aromatic carbocycles. The summed E-state index contributed by atoms with van der Waals surface area (Å²) in [6.07, 6.45) is 0. The third kappa shape index (κ3) is 5.56. The number of aromatic nitrogens is 1. The van der Waals surface area contributed by atoms with E-state index in [-0.39, 0.29) is 12.1 Å². The fraction of sp³-hybridized carbons (Fsp3) is 0.273. The molecule has 0 fully saturated rings.